The molecule has 140 valence electrons. The molecule has 1 aliphatic heterocycles. The first-order valence-electron chi connectivity index (χ1n) is 8.29. The van der Waals surface area contributed by atoms with E-state index in [1.807, 2.05) is 25.1 Å². The molecule has 8 heteroatoms. The Morgan fingerprint density at radius 3 is 2.56 bits per heavy atom. The molecule has 0 fully saturated rings. The summed E-state index contributed by atoms with van der Waals surface area (Å²) >= 11 is 1.32. The first kappa shape index (κ1) is 18.9. The maximum absolute atomic E-state index is 8.29. The van der Waals surface area contributed by atoms with E-state index in [1.54, 1.807) is 21.1 Å². The van der Waals surface area contributed by atoms with Crippen molar-refractivity contribution < 1.29 is 9.47 Å². The Bertz CT molecular complexity index is 955. The van der Waals surface area contributed by atoms with Crippen molar-refractivity contribution in [2.75, 3.05) is 19.5 Å². The van der Waals surface area contributed by atoms with Gasteiger partial charge in [0, 0.05) is 17.8 Å². The second kappa shape index (κ2) is 7.79. The van der Waals surface area contributed by atoms with Gasteiger partial charge in [-0.3, -0.25) is 5.41 Å². The number of anilines is 1. The number of allylic oxidation sites excluding steroid dienone is 1. The summed E-state index contributed by atoms with van der Waals surface area (Å²) in [6.07, 6.45) is 1.49. The summed E-state index contributed by atoms with van der Waals surface area (Å²) in [4.78, 5) is 9.52. The molecule has 3 rings (SSSR count). The number of methoxy groups -OCH3 is 2. The minimum atomic E-state index is 0.392. The van der Waals surface area contributed by atoms with E-state index >= 15 is 0 Å². The van der Waals surface area contributed by atoms with Crippen LogP contribution in [0.1, 0.15) is 25.1 Å². The highest BCUT2D eigenvalue weighted by molar-refractivity contribution is 8.15. The fourth-order valence-corrected chi connectivity index (χ4v) is 3.78. The van der Waals surface area contributed by atoms with E-state index in [4.69, 9.17) is 20.3 Å². The zero-order valence-corrected chi connectivity index (χ0v) is 16.5. The fourth-order valence-electron chi connectivity index (χ4n) is 2.75. The third-order valence-corrected chi connectivity index (χ3v) is 5.32. The van der Waals surface area contributed by atoms with Gasteiger partial charge in [-0.15, -0.1) is 0 Å². The highest BCUT2D eigenvalue weighted by Crippen LogP contribution is 2.44. The fraction of sp³-hybridized carbons (Fsp3) is 0.263. The molecule has 3 N–H and O–H groups in total. The van der Waals surface area contributed by atoms with Gasteiger partial charge in [-0.1, -0.05) is 17.8 Å². The molecule has 1 aromatic carbocycles. The third-order valence-electron chi connectivity index (χ3n) is 4.32. The summed E-state index contributed by atoms with van der Waals surface area (Å²) in [6, 6.07) is 5.73. The lowest BCUT2D eigenvalue weighted by Crippen LogP contribution is -2.05. The molecular weight excluding hydrogens is 362 g/mol. The molecule has 0 spiro atoms. The molecule has 0 radical (unpaired) electrons. The zero-order valence-electron chi connectivity index (χ0n) is 15.6. The molecular formula is C19H21N5O2S. The highest BCUT2D eigenvalue weighted by Gasteiger charge is 2.29. The van der Waals surface area contributed by atoms with Crippen LogP contribution in [0, 0.1) is 10.8 Å². The van der Waals surface area contributed by atoms with Gasteiger partial charge in [0.2, 0.25) is 0 Å². The van der Waals surface area contributed by atoms with E-state index in [-0.39, 0.29) is 0 Å². The van der Waals surface area contributed by atoms with Gasteiger partial charge < -0.3 is 20.2 Å². The number of nitrogens with zero attached hydrogens (tertiary/aromatic N) is 2. The molecule has 0 bridgehead atoms. The van der Waals surface area contributed by atoms with Crippen LogP contribution in [0.5, 0.6) is 11.5 Å². The van der Waals surface area contributed by atoms with Crippen LogP contribution in [-0.4, -0.2) is 34.9 Å². The maximum Gasteiger partial charge on any atom is 0.161 e. The van der Waals surface area contributed by atoms with E-state index < -0.39 is 0 Å². The SMILES string of the molecule is COc1ccc(CNc2ncnc3c2SC(=N)/C3=C(/C)C(C)=N)cc1OC. The van der Waals surface area contributed by atoms with Crippen LogP contribution in [0.3, 0.4) is 0 Å². The van der Waals surface area contributed by atoms with Crippen LogP contribution >= 0.6 is 11.8 Å². The number of fused-ring (bicyclic) bond motifs is 1. The molecule has 0 unspecified atom stereocenters. The van der Waals surface area contributed by atoms with Crippen molar-refractivity contribution >= 4 is 33.9 Å². The van der Waals surface area contributed by atoms with Gasteiger partial charge in [0.1, 0.15) is 17.2 Å². The summed E-state index contributed by atoms with van der Waals surface area (Å²) in [5, 5.41) is 19.9. The average molecular weight is 383 g/mol. The Labute approximate surface area is 162 Å². The Morgan fingerprint density at radius 1 is 1.15 bits per heavy atom. The van der Waals surface area contributed by atoms with Gasteiger partial charge in [0.25, 0.3) is 0 Å². The van der Waals surface area contributed by atoms with Crippen molar-refractivity contribution in [3.8, 4) is 11.5 Å². The summed E-state index contributed by atoms with van der Waals surface area (Å²) in [5.41, 5.74) is 3.62. The smallest absolute Gasteiger partial charge is 0.161 e. The minimum Gasteiger partial charge on any atom is -0.493 e. The molecule has 0 saturated carbocycles. The predicted molar refractivity (Wildman–Crippen MR) is 108 cm³/mol. The van der Waals surface area contributed by atoms with Crippen LogP contribution in [-0.2, 0) is 6.54 Å². The molecule has 0 amide bonds. The van der Waals surface area contributed by atoms with E-state index in [1.165, 1.54) is 18.1 Å². The van der Waals surface area contributed by atoms with Crippen LogP contribution in [0.15, 0.2) is 35.0 Å². The lowest BCUT2D eigenvalue weighted by Gasteiger charge is -2.12. The van der Waals surface area contributed by atoms with E-state index in [0.29, 0.717) is 45.9 Å². The normalized spacial score (nSPS) is 14.6. The zero-order chi connectivity index (χ0) is 19.6. The van der Waals surface area contributed by atoms with Gasteiger partial charge in [-0.2, -0.15) is 0 Å². The maximum atomic E-state index is 8.29. The van der Waals surface area contributed by atoms with Gasteiger partial charge in [-0.25, -0.2) is 9.97 Å². The van der Waals surface area contributed by atoms with Gasteiger partial charge in [0.05, 0.1) is 24.8 Å². The van der Waals surface area contributed by atoms with Crippen LogP contribution in [0.4, 0.5) is 5.82 Å². The van der Waals surface area contributed by atoms with Crippen LogP contribution < -0.4 is 14.8 Å². The average Bonchev–Trinajstić information content (AvgIpc) is 3.01. The lowest BCUT2D eigenvalue weighted by molar-refractivity contribution is 0.354. The Balaban J connectivity index is 1.88. The van der Waals surface area contributed by atoms with E-state index in [9.17, 15) is 0 Å². The summed E-state index contributed by atoms with van der Waals surface area (Å²) in [5.74, 6) is 2.03. The molecule has 0 atom stereocenters. The van der Waals surface area contributed by atoms with E-state index in [2.05, 4.69) is 15.3 Å². The number of hydrogen-bond acceptors (Lipinski definition) is 8. The second-order valence-corrected chi connectivity index (χ2v) is 7.02. The Morgan fingerprint density at radius 2 is 1.89 bits per heavy atom. The topological polar surface area (TPSA) is 104 Å². The Hall–Kier alpha value is -2.87. The number of hydrogen-bond donors (Lipinski definition) is 3. The van der Waals surface area contributed by atoms with Crippen LogP contribution in [0.2, 0.25) is 0 Å². The predicted octanol–water partition coefficient (Wildman–Crippen LogP) is 4.00. The molecule has 27 heavy (non-hydrogen) atoms. The Kier molecular flexibility index (Phi) is 5.46. The monoisotopic (exact) mass is 383 g/mol. The molecule has 1 aromatic heterocycles. The van der Waals surface area contributed by atoms with Crippen molar-refractivity contribution in [1.82, 2.24) is 9.97 Å². The largest absolute Gasteiger partial charge is 0.493 e. The first-order valence-corrected chi connectivity index (χ1v) is 9.11. The summed E-state index contributed by atoms with van der Waals surface area (Å²) in [6.45, 7) is 4.11. The standard InChI is InChI=1S/C19H21N5O2S/c1-10(11(2)20)15-16-17(27-18(15)21)19(24-9-23-16)22-8-12-5-6-13(25-3)14(7-12)26-4/h5-7,9,20-21H,8H2,1-4H3,(H,22,23,24)/b15-10-,20-11?,21-18?. The summed E-state index contributed by atoms with van der Waals surface area (Å²) < 4.78 is 10.6. The number of ether oxygens (including phenoxy) is 2. The van der Waals surface area contributed by atoms with Crippen molar-refractivity contribution in [3.63, 3.8) is 0 Å². The van der Waals surface area contributed by atoms with Gasteiger partial charge in [0.15, 0.2) is 11.5 Å². The van der Waals surface area contributed by atoms with E-state index in [0.717, 1.165) is 16.0 Å². The minimum absolute atomic E-state index is 0.392. The van der Waals surface area contributed by atoms with Crippen molar-refractivity contribution in [2.45, 2.75) is 25.3 Å². The number of aromatic nitrogens is 2. The molecule has 7 nitrogen and oxygen atoms in total. The molecule has 0 saturated heterocycles. The van der Waals surface area contributed by atoms with Crippen LogP contribution in [0.25, 0.3) is 5.57 Å². The second-order valence-electron chi connectivity index (χ2n) is 6.00. The lowest BCUT2D eigenvalue weighted by atomic mass is 10.0. The molecule has 2 heterocycles. The third kappa shape index (κ3) is 3.66. The number of thioether (sulfide) groups is 1. The van der Waals surface area contributed by atoms with Crippen molar-refractivity contribution in [3.05, 3.63) is 41.4 Å². The van der Waals surface area contributed by atoms with Crippen molar-refractivity contribution in [2.24, 2.45) is 0 Å². The molecule has 1 aliphatic rings. The molecule has 0 aliphatic carbocycles. The van der Waals surface area contributed by atoms with Gasteiger partial charge >= 0.3 is 0 Å². The van der Waals surface area contributed by atoms with Crippen molar-refractivity contribution in [1.29, 1.82) is 10.8 Å². The highest BCUT2D eigenvalue weighted by atomic mass is 32.2. The number of nitrogens with one attached hydrogen (secondary N) is 3. The summed E-state index contributed by atoms with van der Waals surface area (Å²) in [7, 11) is 3.21. The quantitative estimate of drug-likeness (QED) is 0.651. The van der Waals surface area contributed by atoms with Gasteiger partial charge in [-0.05, 0) is 37.1 Å². The number of rotatable bonds is 6. The number of benzene rings is 1. The first-order chi connectivity index (χ1) is 13.0. The molecule has 2 aromatic rings.